The van der Waals surface area contributed by atoms with Crippen LogP contribution in [0.3, 0.4) is 0 Å². The molecule has 3 rings (SSSR count). The number of benzene rings is 1. The summed E-state index contributed by atoms with van der Waals surface area (Å²) in [6.07, 6.45) is 1.82. The van der Waals surface area contributed by atoms with Crippen molar-refractivity contribution in [2.75, 3.05) is 13.2 Å². The highest BCUT2D eigenvalue weighted by atomic mass is 32.1. The van der Waals surface area contributed by atoms with Crippen molar-refractivity contribution in [2.24, 2.45) is 0 Å². The molecule has 1 aromatic carbocycles. The first-order valence-corrected chi connectivity index (χ1v) is 7.44. The van der Waals surface area contributed by atoms with E-state index in [1.807, 2.05) is 25.1 Å². The summed E-state index contributed by atoms with van der Waals surface area (Å²) in [5.74, 6) is 0.0573. The Labute approximate surface area is 116 Å². The summed E-state index contributed by atoms with van der Waals surface area (Å²) in [4.78, 5) is 13.6. The van der Waals surface area contributed by atoms with E-state index in [9.17, 15) is 4.79 Å². The summed E-state index contributed by atoms with van der Waals surface area (Å²) in [7, 11) is 0. The summed E-state index contributed by atoms with van der Waals surface area (Å²) in [5, 5.41) is 4.21. The van der Waals surface area contributed by atoms with Crippen LogP contribution < -0.4 is 5.32 Å². The van der Waals surface area contributed by atoms with E-state index in [2.05, 4.69) is 11.4 Å². The minimum atomic E-state index is 0.0573. The molecule has 19 heavy (non-hydrogen) atoms. The molecule has 0 radical (unpaired) electrons. The summed E-state index contributed by atoms with van der Waals surface area (Å²) >= 11 is 1.68. The molecule has 0 aliphatic carbocycles. The second-order valence-corrected chi connectivity index (χ2v) is 6.15. The number of fused-ring (bicyclic) bond motifs is 1. The van der Waals surface area contributed by atoms with Gasteiger partial charge in [0.1, 0.15) is 0 Å². The molecular formula is C15H17NO2S. The Morgan fingerprint density at radius 1 is 1.32 bits per heavy atom. The number of ether oxygens (including phenoxy) is 1. The molecule has 4 heteroatoms. The van der Waals surface area contributed by atoms with Gasteiger partial charge in [0.05, 0.1) is 5.56 Å². The zero-order valence-corrected chi connectivity index (χ0v) is 11.8. The van der Waals surface area contributed by atoms with Crippen molar-refractivity contribution in [3.63, 3.8) is 0 Å². The first kappa shape index (κ1) is 12.6. The highest BCUT2D eigenvalue weighted by Crippen LogP contribution is 2.30. The average Bonchev–Trinajstić information content (AvgIpc) is 2.75. The molecule has 1 aliphatic heterocycles. The fourth-order valence-electron chi connectivity index (χ4n) is 2.55. The number of thiophene rings is 1. The molecule has 0 unspecified atom stereocenters. The molecule has 1 N–H and O–H groups in total. The Kier molecular flexibility index (Phi) is 3.53. The third-order valence-corrected chi connectivity index (χ3v) is 4.64. The zero-order valence-electron chi connectivity index (χ0n) is 10.9. The molecule has 1 aliphatic rings. The quantitative estimate of drug-likeness (QED) is 0.914. The van der Waals surface area contributed by atoms with Crippen LogP contribution in [0.25, 0.3) is 10.1 Å². The molecule has 0 bridgehead atoms. The standard InChI is InChI=1S/C15H17NO2S/c1-10-14(12-4-2-3-5-13(12)19-10)15(17)16-11-6-8-18-9-7-11/h2-5,11H,6-9H2,1H3,(H,16,17). The number of carbonyl (C=O) groups excluding carboxylic acids is 1. The van der Waals surface area contributed by atoms with Crippen LogP contribution in [-0.2, 0) is 4.74 Å². The van der Waals surface area contributed by atoms with E-state index in [0.717, 1.165) is 41.9 Å². The van der Waals surface area contributed by atoms with E-state index in [1.54, 1.807) is 11.3 Å². The summed E-state index contributed by atoms with van der Waals surface area (Å²) in [6, 6.07) is 8.34. The third kappa shape index (κ3) is 2.51. The summed E-state index contributed by atoms with van der Waals surface area (Å²) < 4.78 is 6.49. The third-order valence-electron chi connectivity index (χ3n) is 3.56. The number of hydrogen-bond acceptors (Lipinski definition) is 3. The van der Waals surface area contributed by atoms with Crippen LogP contribution in [0.2, 0.25) is 0 Å². The van der Waals surface area contributed by atoms with Crippen LogP contribution in [-0.4, -0.2) is 25.2 Å². The molecule has 100 valence electrons. The predicted molar refractivity (Wildman–Crippen MR) is 77.9 cm³/mol. The van der Waals surface area contributed by atoms with Gasteiger partial charge in [-0.3, -0.25) is 4.79 Å². The normalized spacial score (nSPS) is 16.7. The maximum Gasteiger partial charge on any atom is 0.253 e. The number of hydrogen-bond donors (Lipinski definition) is 1. The van der Waals surface area contributed by atoms with Gasteiger partial charge >= 0.3 is 0 Å². The second kappa shape index (κ2) is 5.31. The van der Waals surface area contributed by atoms with Gasteiger partial charge in [0.2, 0.25) is 0 Å². The van der Waals surface area contributed by atoms with Crippen molar-refractivity contribution in [3.8, 4) is 0 Å². The highest BCUT2D eigenvalue weighted by Gasteiger charge is 2.20. The second-order valence-electron chi connectivity index (χ2n) is 4.89. The maximum atomic E-state index is 12.5. The molecule has 1 fully saturated rings. The van der Waals surface area contributed by atoms with Crippen molar-refractivity contribution >= 4 is 27.3 Å². The molecule has 1 saturated heterocycles. The Bertz CT molecular complexity index is 599. The molecule has 0 spiro atoms. The Morgan fingerprint density at radius 2 is 2.05 bits per heavy atom. The summed E-state index contributed by atoms with van der Waals surface area (Å²) in [5.41, 5.74) is 0.840. The van der Waals surface area contributed by atoms with Gasteiger partial charge < -0.3 is 10.1 Å². The Hall–Kier alpha value is -1.39. The van der Waals surface area contributed by atoms with Crippen molar-refractivity contribution in [1.82, 2.24) is 5.32 Å². The summed E-state index contributed by atoms with van der Waals surface area (Å²) in [6.45, 7) is 3.51. The average molecular weight is 275 g/mol. The lowest BCUT2D eigenvalue weighted by Crippen LogP contribution is -2.39. The lowest BCUT2D eigenvalue weighted by atomic mass is 10.1. The van der Waals surface area contributed by atoms with Gasteiger partial charge in [-0.05, 0) is 25.8 Å². The molecule has 3 nitrogen and oxygen atoms in total. The van der Waals surface area contributed by atoms with Crippen LogP contribution in [0.5, 0.6) is 0 Å². The van der Waals surface area contributed by atoms with Gasteiger partial charge in [-0.1, -0.05) is 18.2 Å². The molecule has 0 atom stereocenters. The number of aryl methyl sites for hydroxylation is 1. The van der Waals surface area contributed by atoms with Crippen LogP contribution in [0.1, 0.15) is 28.1 Å². The van der Waals surface area contributed by atoms with E-state index in [1.165, 1.54) is 4.70 Å². The molecular weight excluding hydrogens is 258 g/mol. The van der Waals surface area contributed by atoms with Gasteiger partial charge in [0, 0.05) is 34.2 Å². The predicted octanol–water partition coefficient (Wildman–Crippen LogP) is 3.12. The largest absolute Gasteiger partial charge is 0.381 e. The Morgan fingerprint density at radius 3 is 2.84 bits per heavy atom. The lowest BCUT2D eigenvalue weighted by Gasteiger charge is -2.23. The van der Waals surface area contributed by atoms with Gasteiger partial charge in [-0.15, -0.1) is 11.3 Å². The van der Waals surface area contributed by atoms with Gasteiger partial charge in [0.25, 0.3) is 5.91 Å². The van der Waals surface area contributed by atoms with Crippen LogP contribution >= 0.6 is 11.3 Å². The minimum Gasteiger partial charge on any atom is -0.381 e. The van der Waals surface area contributed by atoms with Crippen molar-refractivity contribution < 1.29 is 9.53 Å². The van der Waals surface area contributed by atoms with E-state index < -0.39 is 0 Å². The lowest BCUT2D eigenvalue weighted by molar-refractivity contribution is 0.0697. The van der Waals surface area contributed by atoms with E-state index >= 15 is 0 Å². The topological polar surface area (TPSA) is 38.3 Å². The molecule has 2 aromatic rings. The van der Waals surface area contributed by atoms with Crippen LogP contribution in [0, 0.1) is 6.92 Å². The van der Waals surface area contributed by atoms with Crippen LogP contribution in [0.4, 0.5) is 0 Å². The smallest absolute Gasteiger partial charge is 0.253 e. The number of carbonyl (C=O) groups is 1. The zero-order chi connectivity index (χ0) is 13.2. The van der Waals surface area contributed by atoms with E-state index in [4.69, 9.17) is 4.74 Å². The van der Waals surface area contributed by atoms with E-state index in [-0.39, 0.29) is 11.9 Å². The van der Waals surface area contributed by atoms with Crippen LogP contribution in [0.15, 0.2) is 24.3 Å². The molecule has 0 saturated carbocycles. The Balaban J connectivity index is 1.86. The van der Waals surface area contributed by atoms with Gasteiger partial charge in [-0.25, -0.2) is 0 Å². The van der Waals surface area contributed by atoms with Gasteiger partial charge in [0.15, 0.2) is 0 Å². The van der Waals surface area contributed by atoms with Crippen molar-refractivity contribution in [2.45, 2.75) is 25.8 Å². The molecule has 1 amide bonds. The maximum absolute atomic E-state index is 12.5. The first-order chi connectivity index (χ1) is 9.25. The number of nitrogens with one attached hydrogen (secondary N) is 1. The fourth-order valence-corrected chi connectivity index (χ4v) is 3.61. The molecule has 1 aromatic heterocycles. The fraction of sp³-hybridized carbons (Fsp3) is 0.400. The SMILES string of the molecule is Cc1sc2ccccc2c1C(=O)NC1CCOCC1. The first-order valence-electron chi connectivity index (χ1n) is 6.62. The van der Waals surface area contributed by atoms with Crippen molar-refractivity contribution in [1.29, 1.82) is 0 Å². The van der Waals surface area contributed by atoms with E-state index in [0.29, 0.717) is 0 Å². The molecule has 2 heterocycles. The monoisotopic (exact) mass is 275 g/mol. The minimum absolute atomic E-state index is 0.0573. The van der Waals surface area contributed by atoms with Crippen molar-refractivity contribution in [3.05, 3.63) is 34.7 Å². The number of amides is 1. The van der Waals surface area contributed by atoms with Gasteiger partial charge in [-0.2, -0.15) is 0 Å². The number of rotatable bonds is 2. The highest BCUT2D eigenvalue weighted by molar-refractivity contribution is 7.19.